The summed E-state index contributed by atoms with van der Waals surface area (Å²) in [6.07, 6.45) is 2.22. The first-order chi connectivity index (χ1) is 11.2. The van der Waals surface area contributed by atoms with Gasteiger partial charge in [-0.05, 0) is 48.2 Å². The first-order valence-electron chi connectivity index (χ1n) is 8.09. The van der Waals surface area contributed by atoms with Crippen molar-refractivity contribution in [1.29, 1.82) is 0 Å². The Labute approximate surface area is 136 Å². The normalized spacial score (nSPS) is 14.2. The van der Waals surface area contributed by atoms with Gasteiger partial charge < -0.3 is 15.3 Å². The molecule has 3 rings (SSSR count). The Morgan fingerprint density at radius 2 is 1.65 bits per heavy atom. The van der Waals surface area contributed by atoms with Gasteiger partial charge in [0.1, 0.15) is 5.75 Å². The van der Waals surface area contributed by atoms with E-state index in [2.05, 4.69) is 5.32 Å². The van der Waals surface area contributed by atoms with Crippen LogP contribution in [0.2, 0.25) is 0 Å². The van der Waals surface area contributed by atoms with Gasteiger partial charge in [-0.2, -0.15) is 0 Å². The molecular weight excluding hydrogens is 288 g/mol. The van der Waals surface area contributed by atoms with Crippen molar-refractivity contribution < 1.29 is 9.90 Å². The van der Waals surface area contributed by atoms with Gasteiger partial charge in [-0.15, -0.1) is 0 Å². The van der Waals surface area contributed by atoms with Crippen LogP contribution >= 0.6 is 0 Å². The van der Waals surface area contributed by atoms with Gasteiger partial charge in [-0.1, -0.05) is 24.3 Å². The number of hydrogen-bond acceptors (Lipinski definition) is 3. The lowest BCUT2D eigenvalue weighted by molar-refractivity contribution is 0.0792. The van der Waals surface area contributed by atoms with E-state index in [0.29, 0.717) is 13.1 Å². The molecule has 2 aromatic carbocycles. The van der Waals surface area contributed by atoms with E-state index in [9.17, 15) is 9.90 Å². The van der Waals surface area contributed by atoms with Gasteiger partial charge in [0.2, 0.25) is 0 Å². The smallest absolute Gasteiger partial charge is 0.253 e. The predicted octanol–water partition coefficient (Wildman–Crippen LogP) is 2.92. The average molecular weight is 310 g/mol. The van der Waals surface area contributed by atoms with Crippen molar-refractivity contribution in [2.45, 2.75) is 25.9 Å². The second-order valence-corrected chi connectivity index (χ2v) is 5.97. The van der Waals surface area contributed by atoms with E-state index in [1.54, 1.807) is 12.1 Å². The van der Waals surface area contributed by atoms with Crippen molar-refractivity contribution in [3.8, 4) is 5.75 Å². The number of phenols is 1. The number of amides is 1. The summed E-state index contributed by atoms with van der Waals surface area (Å²) in [7, 11) is 0. The van der Waals surface area contributed by atoms with Crippen LogP contribution in [-0.4, -0.2) is 29.0 Å². The molecule has 0 bridgehead atoms. The monoisotopic (exact) mass is 310 g/mol. The summed E-state index contributed by atoms with van der Waals surface area (Å²) in [4.78, 5) is 14.3. The number of aromatic hydroxyl groups is 1. The maximum atomic E-state index is 12.4. The highest BCUT2D eigenvalue weighted by Crippen LogP contribution is 2.14. The summed E-state index contributed by atoms with van der Waals surface area (Å²) in [6, 6.07) is 15.0. The Morgan fingerprint density at radius 1 is 1.00 bits per heavy atom. The van der Waals surface area contributed by atoms with Gasteiger partial charge in [-0.25, -0.2) is 0 Å². The third-order valence-corrected chi connectivity index (χ3v) is 4.14. The number of benzene rings is 2. The highest BCUT2D eigenvalue weighted by Gasteiger charge is 2.19. The Balaban J connectivity index is 1.58. The van der Waals surface area contributed by atoms with E-state index in [4.69, 9.17) is 0 Å². The third-order valence-electron chi connectivity index (χ3n) is 4.14. The third kappa shape index (κ3) is 4.11. The number of rotatable bonds is 5. The molecule has 2 N–H and O–H groups in total. The van der Waals surface area contributed by atoms with Crippen molar-refractivity contribution in [3.05, 3.63) is 65.2 Å². The number of carbonyl (C=O) groups excluding carboxylic acids is 1. The molecule has 120 valence electrons. The summed E-state index contributed by atoms with van der Waals surface area (Å²) < 4.78 is 0. The lowest BCUT2D eigenvalue weighted by atomic mass is 10.1. The summed E-state index contributed by atoms with van der Waals surface area (Å²) in [6.45, 7) is 3.12. The first kappa shape index (κ1) is 15.6. The molecule has 0 radical (unpaired) electrons. The molecule has 0 spiro atoms. The van der Waals surface area contributed by atoms with Gasteiger partial charge in [0.05, 0.1) is 0 Å². The molecule has 23 heavy (non-hydrogen) atoms. The molecule has 4 nitrogen and oxygen atoms in total. The standard InChI is InChI=1S/C19H22N2O2/c22-18-8-4-6-16(12-18)14-20-13-15-5-3-7-17(11-15)19(23)21-9-1-2-10-21/h3-8,11-12,20,22H,1-2,9-10,13-14H2. The number of likely N-dealkylation sites (tertiary alicyclic amines) is 1. The van der Waals surface area contributed by atoms with Crippen molar-refractivity contribution in [3.63, 3.8) is 0 Å². The SMILES string of the molecule is O=C(c1cccc(CNCc2cccc(O)c2)c1)N1CCCC1. The van der Waals surface area contributed by atoms with Gasteiger partial charge >= 0.3 is 0 Å². The second kappa shape index (κ2) is 7.29. The van der Waals surface area contributed by atoms with Gasteiger partial charge in [0.15, 0.2) is 0 Å². The fraction of sp³-hybridized carbons (Fsp3) is 0.316. The first-order valence-corrected chi connectivity index (χ1v) is 8.09. The largest absolute Gasteiger partial charge is 0.508 e. The van der Waals surface area contributed by atoms with E-state index < -0.39 is 0 Å². The van der Waals surface area contributed by atoms with E-state index in [1.807, 2.05) is 41.3 Å². The zero-order chi connectivity index (χ0) is 16.1. The Bertz CT molecular complexity index is 679. The fourth-order valence-electron chi connectivity index (χ4n) is 2.93. The van der Waals surface area contributed by atoms with Crippen LogP contribution in [0.15, 0.2) is 48.5 Å². The highest BCUT2D eigenvalue weighted by molar-refractivity contribution is 5.94. The molecular formula is C19H22N2O2. The van der Waals surface area contributed by atoms with E-state index >= 15 is 0 Å². The molecule has 1 aliphatic rings. The quantitative estimate of drug-likeness (QED) is 0.893. The average Bonchev–Trinajstić information content (AvgIpc) is 3.09. The number of nitrogens with one attached hydrogen (secondary N) is 1. The highest BCUT2D eigenvalue weighted by atomic mass is 16.3. The topological polar surface area (TPSA) is 52.6 Å². The van der Waals surface area contributed by atoms with E-state index in [-0.39, 0.29) is 11.7 Å². The van der Waals surface area contributed by atoms with Crippen LogP contribution in [-0.2, 0) is 13.1 Å². The van der Waals surface area contributed by atoms with Crippen molar-refractivity contribution in [2.24, 2.45) is 0 Å². The minimum absolute atomic E-state index is 0.136. The van der Waals surface area contributed by atoms with Crippen LogP contribution in [0.5, 0.6) is 5.75 Å². The molecule has 0 aromatic heterocycles. The molecule has 2 aromatic rings. The molecule has 1 saturated heterocycles. The molecule has 1 amide bonds. The van der Waals surface area contributed by atoms with Gasteiger partial charge in [0.25, 0.3) is 5.91 Å². The van der Waals surface area contributed by atoms with Crippen molar-refractivity contribution >= 4 is 5.91 Å². The Morgan fingerprint density at radius 3 is 2.35 bits per heavy atom. The van der Waals surface area contributed by atoms with Crippen LogP contribution < -0.4 is 5.32 Å². The van der Waals surface area contributed by atoms with Crippen LogP contribution in [0.25, 0.3) is 0 Å². The van der Waals surface area contributed by atoms with Crippen LogP contribution in [0.4, 0.5) is 0 Å². The second-order valence-electron chi connectivity index (χ2n) is 5.97. The molecule has 0 unspecified atom stereocenters. The summed E-state index contributed by atoms with van der Waals surface area (Å²) in [5, 5.41) is 12.8. The fourth-order valence-corrected chi connectivity index (χ4v) is 2.93. The number of phenolic OH excluding ortho intramolecular Hbond substituents is 1. The number of carbonyl (C=O) groups is 1. The predicted molar refractivity (Wildman–Crippen MR) is 90.2 cm³/mol. The van der Waals surface area contributed by atoms with E-state index in [0.717, 1.165) is 42.6 Å². The minimum atomic E-state index is 0.136. The zero-order valence-corrected chi connectivity index (χ0v) is 13.2. The zero-order valence-electron chi connectivity index (χ0n) is 13.2. The summed E-state index contributed by atoms with van der Waals surface area (Å²) in [5.74, 6) is 0.417. The van der Waals surface area contributed by atoms with Crippen molar-refractivity contribution in [2.75, 3.05) is 13.1 Å². The molecule has 1 fully saturated rings. The summed E-state index contributed by atoms with van der Waals surface area (Å²) in [5.41, 5.74) is 2.90. The minimum Gasteiger partial charge on any atom is -0.508 e. The van der Waals surface area contributed by atoms with E-state index in [1.165, 1.54) is 0 Å². The molecule has 4 heteroatoms. The maximum Gasteiger partial charge on any atom is 0.253 e. The molecule has 0 atom stereocenters. The lowest BCUT2D eigenvalue weighted by Gasteiger charge is -2.15. The molecule has 1 heterocycles. The van der Waals surface area contributed by atoms with Crippen LogP contribution in [0.3, 0.4) is 0 Å². The molecule has 0 saturated carbocycles. The van der Waals surface area contributed by atoms with Crippen LogP contribution in [0, 0.1) is 0 Å². The molecule has 1 aliphatic heterocycles. The Hall–Kier alpha value is -2.33. The number of hydrogen-bond donors (Lipinski definition) is 2. The molecule has 0 aliphatic carbocycles. The maximum absolute atomic E-state index is 12.4. The van der Waals surface area contributed by atoms with Crippen molar-refractivity contribution in [1.82, 2.24) is 10.2 Å². The van der Waals surface area contributed by atoms with Gasteiger partial charge in [-0.3, -0.25) is 4.79 Å². The summed E-state index contributed by atoms with van der Waals surface area (Å²) >= 11 is 0. The lowest BCUT2D eigenvalue weighted by Crippen LogP contribution is -2.27. The van der Waals surface area contributed by atoms with Gasteiger partial charge in [0, 0.05) is 31.7 Å². The van der Waals surface area contributed by atoms with Crippen LogP contribution in [0.1, 0.15) is 34.3 Å². The number of nitrogens with zero attached hydrogens (tertiary/aromatic N) is 1. The Kier molecular flexibility index (Phi) is 4.93.